The van der Waals surface area contributed by atoms with Gasteiger partial charge in [0.1, 0.15) is 17.2 Å². The van der Waals surface area contributed by atoms with Gasteiger partial charge < -0.3 is 20.2 Å². The van der Waals surface area contributed by atoms with E-state index >= 15 is 0 Å². The number of aromatic nitrogens is 4. The van der Waals surface area contributed by atoms with Crippen LogP contribution in [0.5, 0.6) is 0 Å². The van der Waals surface area contributed by atoms with E-state index < -0.39 is 0 Å². The quantitative estimate of drug-likeness (QED) is 0.196. The van der Waals surface area contributed by atoms with Crippen LogP contribution in [0.4, 0.5) is 11.8 Å². The molecule has 3 heterocycles. The Balaban J connectivity index is 1.34. The molecule has 3 N–H and O–H groups in total. The molecule has 2 aromatic carbocycles. The number of anilines is 2. The van der Waals surface area contributed by atoms with E-state index in [0.717, 1.165) is 50.3 Å². The molecule has 8 nitrogen and oxygen atoms in total. The van der Waals surface area contributed by atoms with Gasteiger partial charge >= 0.3 is 0 Å². The van der Waals surface area contributed by atoms with Gasteiger partial charge in [0.2, 0.25) is 5.95 Å². The fourth-order valence-corrected chi connectivity index (χ4v) is 4.58. The van der Waals surface area contributed by atoms with Crippen molar-refractivity contribution in [1.82, 2.24) is 19.9 Å². The summed E-state index contributed by atoms with van der Waals surface area (Å²) < 4.78 is 5.60. The average Bonchev–Trinajstić information content (AvgIpc) is 3.28. The number of fused-ring (bicyclic) bond motifs is 1. The summed E-state index contributed by atoms with van der Waals surface area (Å²) >= 11 is 0. The molecule has 200 valence electrons. The van der Waals surface area contributed by atoms with Crippen LogP contribution in [-0.2, 0) is 0 Å². The smallest absolute Gasteiger partial charge is 0.223 e. The van der Waals surface area contributed by atoms with Gasteiger partial charge in [-0.05, 0) is 82.0 Å². The van der Waals surface area contributed by atoms with Gasteiger partial charge in [-0.15, -0.1) is 0 Å². The standard InChI is InChI=1S/C31H34N6O2/c1-19-18-39-28-10-9-24(14-26(19)28)27-15-29(36-21(3)35-27)34-20(2)22-7-6-8-23(13-22)25-16-32-30(33-17-25)37-31(4,5)11-12-38/h6-10,13-18,20,38H,11-12H2,1-5H3,(H,32,33,37)(H,34,35,36)/t20-/m0/s1. The van der Waals surface area contributed by atoms with Crippen LogP contribution >= 0.6 is 0 Å². The number of furan rings is 1. The predicted octanol–water partition coefficient (Wildman–Crippen LogP) is 6.71. The highest BCUT2D eigenvalue weighted by Crippen LogP contribution is 2.29. The van der Waals surface area contributed by atoms with Crippen LogP contribution in [0.1, 0.15) is 50.2 Å². The molecule has 0 aliphatic rings. The molecule has 5 rings (SSSR count). The molecule has 0 saturated carbocycles. The minimum absolute atomic E-state index is 0.00633. The van der Waals surface area contributed by atoms with E-state index in [1.54, 1.807) is 6.26 Å². The van der Waals surface area contributed by atoms with Crippen molar-refractivity contribution in [2.45, 2.75) is 52.6 Å². The normalized spacial score (nSPS) is 12.5. The van der Waals surface area contributed by atoms with Gasteiger partial charge in [0.05, 0.1) is 12.0 Å². The average molecular weight is 523 g/mol. The Morgan fingerprint density at radius 2 is 1.74 bits per heavy atom. The second kappa shape index (κ2) is 10.8. The van der Waals surface area contributed by atoms with Gasteiger partial charge in [0, 0.05) is 53.2 Å². The van der Waals surface area contributed by atoms with Gasteiger partial charge in [0.25, 0.3) is 0 Å². The maximum atomic E-state index is 9.26. The lowest BCUT2D eigenvalue weighted by Crippen LogP contribution is -2.32. The molecule has 0 saturated heterocycles. The molecular weight excluding hydrogens is 488 g/mol. The maximum absolute atomic E-state index is 9.26. The van der Waals surface area contributed by atoms with Gasteiger partial charge in [-0.2, -0.15) is 0 Å². The molecule has 0 bridgehead atoms. The molecule has 8 heteroatoms. The van der Waals surface area contributed by atoms with E-state index in [2.05, 4.69) is 61.8 Å². The summed E-state index contributed by atoms with van der Waals surface area (Å²) in [7, 11) is 0. The second-order valence-electron chi connectivity index (χ2n) is 10.6. The number of hydrogen-bond acceptors (Lipinski definition) is 8. The number of aryl methyl sites for hydroxylation is 2. The van der Waals surface area contributed by atoms with Crippen molar-refractivity contribution in [3.05, 3.63) is 84.1 Å². The minimum Gasteiger partial charge on any atom is -0.464 e. The third-order valence-corrected chi connectivity index (χ3v) is 6.82. The van der Waals surface area contributed by atoms with Gasteiger partial charge in [-0.25, -0.2) is 19.9 Å². The summed E-state index contributed by atoms with van der Waals surface area (Å²) in [6, 6.07) is 16.5. The molecule has 1 atom stereocenters. The van der Waals surface area contributed by atoms with Crippen LogP contribution in [0.2, 0.25) is 0 Å². The van der Waals surface area contributed by atoms with Crippen molar-refractivity contribution >= 4 is 22.7 Å². The van der Waals surface area contributed by atoms with Crippen molar-refractivity contribution < 1.29 is 9.52 Å². The van der Waals surface area contributed by atoms with Crippen LogP contribution in [0.25, 0.3) is 33.4 Å². The molecule has 39 heavy (non-hydrogen) atoms. The zero-order chi connectivity index (χ0) is 27.6. The molecule has 3 aromatic heterocycles. The van der Waals surface area contributed by atoms with E-state index in [1.165, 1.54) is 0 Å². The molecular formula is C31H34N6O2. The Morgan fingerprint density at radius 3 is 2.51 bits per heavy atom. The monoisotopic (exact) mass is 522 g/mol. The Bertz CT molecular complexity index is 1590. The Morgan fingerprint density at radius 1 is 0.949 bits per heavy atom. The van der Waals surface area contributed by atoms with E-state index in [-0.39, 0.29) is 18.2 Å². The first kappa shape index (κ1) is 26.3. The summed E-state index contributed by atoms with van der Waals surface area (Å²) in [5.41, 5.74) is 6.65. The summed E-state index contributed by atoms with van der Waals surface area (Å²) in [6.45, 7) is 10.2. The molecule has 0 aliphatic heterocycles. The van der Waals surface area contributed by atoms with E-state index in [1.807, 2.05) is 64.4 Å². The summed E-state index contributed by atoms with van der Waals surface area (Å²) in [4.78, 5) is 18.3. The van der Waals surface area contributed by atoms with Crippen molar-refractivity contribution in [2.24, 2.45) is 0 Å². The highest BCUT2D eigenvalue weighted by molar-refractivity contribution is 5.85. The van der Waals surface area contributed by atoms with Crippen LogP contribution in [0, 0.1) is 13.8 Å². The fourth-order valence-electron chi connectivity index (χ4n) is 4.58. The zero-order valence-electron chi connectivity index (χ0n) is 23.0. The first-order chi connectivity index (χ1) is 18.7. The number of nitrogens with one attached hydrogen (secondary N) is 2. The largest absolute Gasteiger partial charge is 0.464 e. The number of benzene rings is 2. The van der Waals surface area contributed by atoms with Crippen molar-refractivity contribution in [1.29, 1.82) is 0 Å². The van der Waals surface area contributed by atoms with Crippen LogP contribution in [0.15, 0.2) is 71.6 Å². The van der Waals surface area contributed by atoms with Gasteiger partial charge in [-0.3, -0.25) is 0 Å². The van der Waals surface area contributed by atoms with Crippen molar-refractivity contribution in [2.75, 3.05) is 17.2 Å². The maximum Gasteiger partial charge on any atom is 0.223 e. The Kier molecular flexibility index (Phi) is 7.30. The summed E-state index contributed by atoms with van der Waals surface area (Å²) in [5, 5.41) is 17.2. The first-order valence-corrected chi connectivity index (χ1v) is 13.1. The molecule has 0 unspecified atom stereocenters. The number of hydrogen-bond donors (Lipinski definition) is 3. The number of rotatable bonds is 9. The van der Waals surface area contributed by atoms with Gasteiger partial charge in [-0.1, -0.05) is 18.2 Å². The third kappa shape index (κ3) is 6.07. The van der Waals surface area contributed by atoms with E-state index in [4.69, 9.17) is 4.42 Å². The summed E-state index contributed by atoms with van der Waals surface area (Å²) in [6.07, 6.45) is 6.03. The molecule has 0 fully saturated rings. The van der Waals surface area contributed by atoms with Crippen LogP contribution in [-0.4, -0.2) is 37.2 Å². The number of aliphatic hydroxyl groups excluding tert-OH is 1. The van der Waals surface area contributed by atoms with E-state index in [9.17, 15) is 5.11 Å². The predicted molar refractivity (Wildman–Crippen MR) is 156 cm³/mol. The topological polar surface area (TPSA) is 109 Å². The first-order valence-electron chi connectivity index (χ1n) is 13.1. The molecule has 0 spiro atoms. The number of nitrogens with zero attached hydrogens (tertiary/aromatic N) is 4. The summed E-state index contributed by atoms with van der Waals surface area (Å²) in [5.74, 6) is 2.01. The highest BCUT2D eigenvalue weighted by Gasteiger charge is 2.18. The van der Waals surface area contributed by atoms with E-state index in [0.29, 0.717) is 18.2 Å². The van der Waals surface area contributed by atoms with Crippen LogP contribution < -0.4 is 10.6 Å². The number of aliphatic hydroxyl groups is 1. The lowest BCUT2D eigenvalue weighted by Gasteiger charge is -2.25. The Labute approximate surface area is 228 Å². The van der Waals surface area contributed by atoms with Gasteiger partial charge in [0.15, 0.2) is 0 Å². The SMILES string of the molecule is Cc1nc(N[C@@H](C)c2cccc(-c3cnc(NC(C)(C)CCO)nc3)c2)cc(-c2ccc3occ(C)c3c2)n1. The van der Waals surface area contributed by atoms with Crippen molar-refractivity contribution in [3.8, 4) is 22.4 Å². The molecule has 0 amide bonds. The molecule has 0 radical (unpaired) electrons. The fraction of sp³-hybridized carbons (Fsp3) is 0.290. The molecule has 5 aromatic rings. The Hall–Kier alpha value is -4.30. The highest BCUT2D eigenvalue weighted by atomic mass is 16.3. The second-order valence-corrected chi connectivity index (χ2v) is 10.6. The van der Waals surface area contributed by atoms with Crippen molar-refractivity contribution in [3.63, 3.8) is 0 Å². The van der Waals surface area contributed by atoms with Crippen LogP contribution in [0.3, 0.4) is 0 Å². The third-order valence-electron chi connectivity index (χ3n) is 6.82. The lowest BCUT2D eigenvalue weighted by molar-refractivity contribution is 0.260. The zero-order valence-corrected chi connectivity index (χ0v) is 23.0. The molecule has 0 aliphatic carbocycles. The lowest BCUT2D eigenvalue weighted by atomic mass is 10.0. The minimum atomic E-state index is -0.290.